The highest BCUT2D eigenvalue weighted by Crippen LogP contribution is 2.23. The van der Waals surface area contributed by atoms with Crippen molar-refractivity contribution < 1.29 is 4.79 Å². The highest BCUT2D eigenvalue weighted by Gasteiger charge is 2.20. The summed E-state index contributed by atoms with van der Waals surface area (Å²) in [7, 11) is 2.07. The zero-order valence-corrected chi connectivity index (χ0v) is 13.4. The maximum Gasteiger partial charge on any atom is 0.315 e. The molecule has 6 heteroatoms. The molecule has 2 heterocycles. The van der Waals surface area contributed by atoms with E-state index in [4.69, 9.17) is 0 Å². The van der Waals surface area contributed by atoms with Crippen LogP contribution in [0, 0.1) is 0 Å². The van der Waals surface area contributed by atoms with Gasteiger partial charge in [-0.05, 0) is 20.0 Å². The molecule has 0 radical (unpaired) electrons. The first-order valence-corrected chi connectivity index (χ1v) is 8.31. The molecule has 116 valence electrons. The summed E-state index contributed by atoms with van der Waals surface area (Å²) in [6.45, 7) is 2.41. The van der Waals surface area contributed by atoms with Crippen LogP contribution in [0.15, 0.2) is 35.7 Å². The Labute approximate surface area is 134 Å². The summed E-state index contributed by atoms with van der Waals surface area (Å²) in [4.78, 5) is 18.7. The van der Waals surface area contributed by atoms with Gasteiger partial charge in [0.2, 0.25) is 0 Å². The predicted octanol–water partition coefficient (Wildman–Crippen LogP) is 2.31. The molecule has 2 N–H and O–H groups in total. The number of hydrogen-bond acceptors (Lipinski definition) is 4. The molecule has 0 unspecified atom stereocenters. The molecule has 0 saturated carbocycles. The fourth-order valence-corrected chi connectivity index (χ4v) is 3.39. The quantitative estimate of drug-likeness (QED) is 0.910. The Morgan fingerprint density at radius 1 is 1.41 bits per heavy atom. The Bertz CT molecular complexity index is 628. The summed E-state index contributed by atoms with van der Waals surface area (Å²) in [5, 5.41) is 8.86. The second-order valence-corrected chi connectivity index (χ2v) is 6.44. The lowest BCUT2D eigenvalue weighted by Gasteiger charge is -2.13. The maximum atomic E-state index is 11.9. The lowest BCUT2D eigenvalue weighted by Crippen LogP contribution is -2.42. The van der Waals surface area contributed by atoms with Gasteiger partial charge in [-0.15, -0.1) is 11.3 Å². The van der Waals surface area contributed by atoms with Crippen molar-refractivity contribution in [2.75, 3.05) is 20.1 Å². The molecule has 1 aliphatic rings. The first kappa shape index (κ1) is 15.0. The number of amides is 2. The van der Waals surface area contributed by atoms with Crippen molar-refractivity contribution in [1.82, 2.24) is 20.5 Å². The number of benzene rings is 1. The number of urea groups is 1. The molecule has 2 amide bonds. The lowest BCUT2D eigenvalue weighted by atomic mass is 10.2. The van der Waals surface area contributed by atoms with E-state index in [1.165, 1.54) is 0 Å². The van der Waals surface area contributed by atoms with Crippen LogP contribution in [0.2, 0.25) is 0 Å². The van der Waals surface area contributed by atoms with E-state index in [1.807, 2.05) is 35.7 Å². The second-order valence-electron chi connectivity index (χ2n) is 5.58. The third-order valence-electron chi connectivity index (χ3n) is 3.73. The minimum atomic E-state index is -0.116. The normalized spacial score (nSPS) is 18.3. The average Bonchev–Trinajstić information content (AvgIpc) is 3.15. The van der Waals surface area contributed by atoms with Crippen LogP contribution >= 0.6 is 11.3 Å². The van der Waals surface area contributed by atoms with E-state index in [-0.39, 0.29) is 12.1 Å². The summed E-state index contributed by atoms with van der Waals surface area (Å²) in [6.07, 6.45) is 1.01. The minimum absolute atomic E-state index is 0.116. The average molecular weight is 316 g/mol. The number of aromatic nitrogens is 1. The molecule has 2 aromatic rings. The number of rotatable bonds is 4. The summed E-state index contributed by atoms with van der Waals surface area (Å²) in [6, 6.07) is 10.2. The molecule has 5 nitrogen and oxygen atoms in total. The summed E-state index contributed by atoms with van der Waals surface area (Å²) < 4.78 is 0. The molecule has 1 saturated heterocycles. The van der Waals surface area contributed by atoms with Crippen LogP contribution in [-0.2, 0) is 6.54 Å². The lowest BCUT2D eigenvalue weighted by molar-refractivity contribution is 0.236. The highest BCUT2D eigenvalue weighted by atomic mass is 32.1. The molecule has 1 aromatic carbocycles. The number of nitrogens with one attached hydrogen (secondary N) is 2. The smallest absolute Gasteiger partial charge is 0.315 e. The van der Waals surface area contributed by atoms with E-state index < -0.39 is 0 Å². The van der Waals surface area contributed by atoms with Gasteiger partial charge in [0.15, 0.2) is 0 Å². The zero-order chi connectivity index (χ0) is 15.4. The van der Waals surface area contributed by atoms with Crippen LogP contribution in [0.1, 0.15) is 12.1 Å². The Hall–Kier alpha value is -1.92. The van der Waals surface area contributed by atoms with Gasteiger partial charge in [-0.3, -0.25) is 0 Å². The molecule has 22 heavy (non-hydrogen) atoms. The van der Waals surface area contributed by atoms with Crippen LogP contribution in [0.25, 0.3) is 10.6 Å². The van der Waals surface area contributed by atoms with Crippen molar-refractivity contribution >= 4 is 17.4 Å². The largest absolute Gasteiger partial charge is 0.334 e. The van der Waals surface area contributed by atoms with E-state index in [1.54, 1.807) is 11.3 Å². The fourth-order valence-electron chi connectivity index (χ4n) is 2.56. The monoisotopic (exact) mass is 316 g/mol. The van der Waals surface area contributed by atoms with Crippen molar-refractivity contribution in [1.29, 1.82) is 0 Å². The third-order valence-corrected chi connectivity index (χ3v) is 4.67. The third kappa shape index (κ3) is 3.84. The van der Waals surface area contributed by atoms with Crippen molar-refractivity contribution in [3.63, 3.8) is 0 Å². The molecular weight excluding hydrogens is 296 g/mol. The van der Waals surface area contributed by atoms with Gasteiger partial charge in [0.25, 0.3) is 0 Å². The van der Waals surface area contributed by atoms with E-state index in [0.717, 1.165) is 35.8 Å². The van der Waals surface area contributed by atoms with E-state index in [2.05, 4.69) is 27.6 Å². The molecule has 1 aromatic heterocycles. The number of likely N-dealkylation sites (tertiary alicyclic amines) is 1. The maximum absolute atomic E-state index is 11.9. The molecule has 0 bridgehead atoms. The summed E-state index contributed by atoms with van der Waals surface area (Å²) in [5.74, 6) is 0. The second kappa shape index (κ2) is 6.89. The molecule has 3 rings (SSSR count). The SMILES string of the molecule is CN1CC[C@@H](NC(=O)NCc2csc(-c3ccccc3)n2)C1. The van der Waals surface area contributed by atoms with Crippen molar-refractivity contribution in [2.24, 2.45) is 0 Å². The standard InChI is InChI=1S/C16H20N4OS/c1-20-8-7-13(10-20)19-16(21)17-9-14-11-22-15(18-14)12-5-3-2-4-6-12/h2-6,11,13H,7-10H2,1H3,(H2,17,19,21)/t13-/m1/s1. The van der Waals surface area contributed by atoms with Gasteiger partial charge >= 0.3 is 6.03 Å². The van der Waals surface area contributed by atoms with E-state index in [0.29, 0.717) is 6.54 Å². The number of thiazole rings is 1. The van der Waals surface area contributed by atoms with Gasteiger partial charge in [-0.1, -0.05) is 30.3 Å². The Kier molecular flexibility index (Phi) is 4.70. The zero-order valence-electron chi connectivity index (χ0n) is 12.6. The summed E-state index contributed by atoms with van der Waals surface area (Å²) in [5.41, 5.74) is 2.00. The van der Waals surface area contributed by atoms with Crippen LogP contribution < -0.4 is 10.6 Å². The first-order chi connectivity index (χ1) is 10.7. The molecule has 1 atom stereocenters. The van der Waals surface area contributed by atoms with Gasteiger partial charge < -0.3 is 15.5 Å². The van der Waals surface area contributed by atoms with E-state index >= 15 is 0 Å². The van der Waals surface area contributed by atoms with Gasteiger partial charge in [-0.2, -0.15) is 0 Å². The van der Waals surface area contributed by atoms with Crippen LogP contribution in [-0.4, -0.2) is 42.1 Å². The Morgan fingerprint density at radius 2 is 2.23 bits per heavy atom. The van der Waals surface area contributed by atoms with Crippen LogP contribution in [0.5, 0.6) is 0 Å². The van der Waals surface area contributed by atoms with Crippen LogP contribution in [0.4, 0.5) is 4.79 Å². The topological polar surface area (TPSA) is 57.3 Å². The fraction of sp³-hybridized carbons (Fsp3) is 0.375. The van der Waals surface area contributed by atoms with E-state index in [9.17, 15) is 4.79 Å². The number of hydrogen-bond donors (Lipinski definition) is 2. The molecular formula is C16H20N4OS. The molecule has 1 fully saturated rings. The molecule has 0 aliphatic carbocycles. The molecule has 0 spiro atoms. The number of carbonyl (C=O) groups excluding carboxylic acids is 1. The number of nitrogens with zero attached hydrogens (tertiary/aromatic N) is 2. The molecule has 1 aliphatic heterocycles. The van der Waals surface area contributed by atoms with Gasteiger partial charge in [0, 0.05) is 23.5 Å². The van der Waals surface area contributed by atoms with Crippen LogP contribution in [0.3, 0.4) is 0 Å². The van der Waals surface area contributed by atoms with Gasteiger partial charge in [-0.25, -0.2) is 9.78 Å². The number of carbonyl (C=O) groups is 1. The van der Waals surface area contributed by atoms with Gasteiger partial charge in [0.1, 0.15) is 5.01 Å². The van der Waals surface area contributed by atoms with Crippen molar-refractivity contribution in [3.05, 3.63) is 41.4 Å². The Balaban J connectivity index is 1.50. The predicted molar refractivity (Wildman–Crippen MR) is 88.8 cm³/mol. The Morgan fingerprint density at radius 3 is 2.95 bits per heavy atom. The van der Waals surface area contributed by atoms with Crippen molar-refractivity contribution in [3.8, 4) is 10.6 Å². The van der Waals surface area contributed by atoms with Crippen molar-refractivity contribution in [2.45, 2.75) is 19.0 Å². The number of likely N-dealkylation sites (N-methyl/N-ethyl adjacent to an activating group) is 1. The minimum Gasteiger partial charge on any atom is -0.334 e. The highest BCUT2D eigenvalue weighted by molar-refractivity contribution is 7.13. The first-order valence-electron chi connectivity index (χ1n) is 7.43. The van der Waals surface area contributed by atoms with Gasteiger partial charge in [0.05, 0.1) is 12.2 Å². The summed E-state index contributed by atoms with van der Waals surface area (Å²) >= 11 is 1.60.